The summed E-state index contributed by atoms with van der Waals surface area (Å²) >= 11 is 0. The van der Waals surface area contributed by atoms with Gasteiger partial charge < -0.3 is 4.90 Å². The number of likely N-dealkylation sites (tertiary alicyclic amines) is 1. The average molecular weight is 350 g/mol. The van der Waals surface area contributed by atoms with Gasteiger partial charge in [0.1, 0.15) is 0 Å². The van der Waals surface area contributed by atoms with Crippen molar-refractivity contribution in [2.45, 2.75) is 39.0 Å². The molecule has 132 valence electrons. The molecule has 0 N–H and O–H groups in total. The van der Waals surface area contributed by atoms with Gasteiger partial charge in [-0.15, -0.1) is 0 Å². The van der Waals surface area contributed by atoms with Gasteiger partial charge in [-0.05, 0) is 24.5 Å². The Morgan fingerprint density at radius 2 is 1.71 bits per heavy atom. The first-order valence-corrected chi connectivity index (χ1v) is 10.3. The van der Waals surface area contributed by atoms with Crippen LogP contribution in [0.1, 0.15) is 39.2 Å². The molecule has 1 aromatic carbocycles. The third-order valence-electron chi connectivity index (χ3n) is 5.24. The maximum absolute atomic E-state index is 12.5. The number of fused-ring (bicyclic) bond motifs is 2. The highest BCUT2D eigenvalue weighted by molar-refractivity contribution is 7.92. The Bertz CT molecular complexity index is 757. The van der Waals surface area contributed by atoms with Gasteiger partial charge in [-0.3, -0.25) is 9.10 Å². The maximum Gasteiger partial charge on any atom is 0.232 e. The van der Waals surface area contributed by atoms with E-state index in [1.165, 1.54) is 10.6 Å². The lowest BCUT2D eigenvalue weighted by Gasteiger charge is -2.41. The van der Waals surface area contributed by atoms with Crippen LogP contribution < -0.4 is 4.31 Å². The van der Waals surface area contributed by atoms with Crippen LogP contribution in [0.4, 0.5) is 5.69 Å². The lowest BCUT2D eigenvalue weighted by Crippen LogP contribution is -2.50. The molecule has 1 fully saturated rings. The Morgan fingerprint density at radius 1 is 1.12 bits per heavy atom. The number of carbonyl (C=O) groups is 1. The van der Waals surface area contributed by atoms with Crippen LogP contribution in [0, 0.1) is 5.41 Å². The van der Waals surface area contributed by atoms with E-state index in [1.807, 2.05) is 49.9 Å². The molecule has 0 radical (unpaired) electrons. The summed E-state index contributed by atoms with van der Waals surface area (Å²) < 4.78 is 25.9. The van der Waals surface area contributed by atoms with Crippen LogP contribution in [0.15, 0.2) is 24.3 Å². The van der Waals surface area contributed by atoms with Gasteiger partial charge in [-0.1, -0.05) is 39.0 Å². The van der Waals surface area contributed by atoms with E-state index in [-0.39, 0.29) is 16.7 Å². The number of nitrogens with zero attached hydrogens (tertiary/aromatic N) is 2. The smallest absolute Gasteiger partial charge is 0.232 e. The molecule has 0 unspecified atom stereocenters. The molecule has 6 heteroatoms. The number of hydrogen-bond acceptors (Lipinski definition) is 3. The van der Waals surface area contributed by atoms with Crippen LogP contribution in [-0.4, -0.2) is 45.1 Å². The fraction of sp³-hybridized carbons (Fsp3) is 0.611. The van der Waals surface area contributed by atoms with E-state index < -0.39 is 10.0 Å². The molecule has 1 aromatic rings. The maximum atomic E-state index is 12.5. The van der Waals surface area contributed by atoms with Crippen LogP contribution in [0.2, 0.25) is 0 Å². The zero-order chi connectivity index (χ0) is 17.8. The Balaban J connectivity index is 1.88. The van der Waals surface area contributed by atoms with Gasteiger partial charge in [0, 0.05) is 30.5 Å². The van der Waals surface area contributed by atoms with Crippen molar-refractivity contribution >= 4 is 21.6 Å². The largest absolute Gasteiger partial charge is 0.342 e. The van der Waals surface area contributed by atoms with Crippen molar-refractivity contribution in [1.82, 2.24) is 4.90 Å². The van der Waals surface area contributed by atoms with Crippen LogP contribution in [0.5, 0.6) is 0 Å². The summed E-state index contributed by atoms with van der Waals surface area (Å²) in [5.74, 6) is 0.170. The van der Waals surface area contributed by atoms with Crippen molar-refractivity contribution in [3.63, 3.8) is 0 Å². The lowest BCUT2D eigenvalue weighted by atomic mass is 9.74. The highest BCUT2D eigenvalue weighted by Gasteiger charge is 2.47. The second-order valence-corrected chi connectivity index (χ2v) is 10.0. The van der Waals surface area contributed by atoms with Gasteiger partial charge in [-0.2, -0.15) is 0 Å². The van der Waals surface area contributed by atoms with Gasteiger partial charge in [0.15, 0.2) is 0 Å². The third kappa shape index (κ3) is 2.81. The van der Waals surface area contributed by atoms with E-state index in [4.69, 9.17) is 0 Å². The van der Waals surface area contributed by atoms with Crippen LogP contribution in [0.25, 0.3) is 0 Å². The molecule has 1 spiro atoms. The van der Waals surface area contributed by atoms with Gasteiger partial charge in [0.2, 0.25) is 15.9 Å². The molecule has 0 aromatic heterocycles. The summed E-state index contributed by atoms with van der Waals surface area (Å²) in [5, 5.41) is 0. The fourth-order valence-electron chi connectivity index (χ4n) is 3.92. The zero-order valence-electron chi connectivity index (χ0n) is 14.9. The Hall–Kier alpha value is -1.56. The number of piperidine rings is 1. The van der Waals surface area contributed by atoms with Crippen molar-refractivity contribution in [3.05, 3.63) is 29.8 Å². The van der Waals surface area contributed by atoms with E-state index >= 15 is 0 Å². The van der Waals surface area contributed by atoms with Crippen LogP contribution in [0.3, 0.4) is 0 Å². The van der Waals surface area contributed by atoms with Crippen LogP contribution in [-0.2, 0) is 20.2 Å². The first-order valence-electron chi connectivity index (χ1n) is 8.41. The number of sulfonamides is 1. The third-order valence-corrected chi connectivity index (χ3v) is 6.37. The Morgan fingerprint density at radius 3 is 2.25 bits per heavy atom. The first kappa shape index (κ1) is 17.3. The predicted molar refractivity (Wildman–Crippen MR) is 95.6 cm³/mol. The molecule has 0 atom stereocenters. The van der Waals surface area contributed by atoms with Crippen molar-refractivity contribution < 1.29 is 13.2 Å². The SMILES string of the molecule is CC(C)(C)C(=O)N1CCC2(CC1)CN(S(C)(=O)=O)c1ccccc12. The summed E-state index contributed by atoms with van der Waals surface area (Å²) in [4.78, 5) is 14.4. The lowest BCUT2D eigenvalue weighted by molar-refractivity contribution is -0.141. The van der Waals surface area contributed by atoms with E-state index in [2.05, 4.69) is 0 Å². The van der Waals surface area contributed by atoms with Gasteiger partial charge in [0.25, 0.3) is 0 Å². The molecule has 0 aliphatic carbocycles. The highest BCUT2D eigenvalue weighted by atomic mass is 32.2. The monoisotopic (exact) mass is 350 g/mol. The standard InChI is InChI=1S/C18H26N2O3S/c1-17(2,3)16(21)19-11-9-18(10-12-19)13-20(24(4,22)23)15-8-6-5-7-14(15)18/h5-8H,9-13H2,1-4H3. The predicted octanol–water partition coefficient (Wildman–Crippen LogP) is 2.37. The first-order chi connectivity index (χ1) is 11.0. The number of benzene rings is 1. The number of carbonyl (C=O) groups excluding carboxylic acids is 1. The summed E-state index contributed by atoms with van der Waals surface area (Å²) in [5.41, 5.74) is 1.36. The second kappa shape index (κ2) is 5.48. The molecule has 3 rings (SSSR count). The number of anilines is 1. The highest BCUT2D eigenvalue weighted by Crippen LogP contribution is 2.48. The van der Waals surface area contributed by atoms with E-state index in [0.717, 1.165) is 24.1 Å². The number of rotatable bonds is 1. The molecule has 0 bridgehead atoms. The number of para-hydroxylation sites is 1. The average Bonchev–Trinajstić information content (AvgIpc) is 2.82. The minimum absolute atomic E-state index is 0.170. The molecule has 24 heavy (non-hydrogen) atoms. The molecule has 2 aliphatic rings. The van der Waals surface area contributed by atoms with Crippen molar-refractivity contribution in [1.29, 1.82) is 0 Å². The minimum Gasteiger partial charge on any atom is -0.342 e. The number of amides is 1. The van der Waals surface area contributed by atoms with Crippen molar-refractivity contribution in [2.24, 2.45) is 5.41 Å². The summed E-state index contributed by atoms with van der Waals surface area (Å²) in [7, 11) is -3.29. The molecule has 5 nitrogen and oxygen atoms in total. The molecule has 1 amide bonds. The van der Waals surface area contributed by atoms with E-state index in [1.54, 1.807) is 0 Å². The van der Waals surface area contributed by atoms with E-state index in [9.17, 15) is 13.2 Å². The second-order valence-electron chi connectivity index (χ2n) is 8.11. The number of hydrogen-bond donors (Lipinski definition) is 0. The Kier molecular flexibility index (Phi) is 3.94. The minimum atomic E-state index is -3.29. The molecule has 1 saturated heterocycles. The van der Waals surface area contributed by atoms with Crippen molar-refractivity contribution in [2.75, 3.05) is 30.2 Å². The summed E-state index contributed by atoms with van der Waals surface area (Å²) in [6.45, 7) is 7.68. The quantitative estimate of drug-likeness (QED) is 0.781. The summed E-state index contributed by atoms with van der Waals surface area (Å²) in [6.07, 6.45) is 2.87. The Labute approximate surface area is 144 Å². The van der Waals surface area contributed by atoms with Gasteiger partial charge in [0.05, 0.1) is 11.9 Å². The van der Waals surface area contributed by atoms with E-state index in [0.29, 0.717) is 19.6 Å². The topological polar surface area (TPSA) is 57.7 Å². The van der Waals surface area contributed by atoms with Gasteiger partial charge in [-0.25, -0.2) is 8.42 Å². The molecule has 2 heterocycles. The van der Waals surface area contributed by atoms with Gasteiger partial charge >= 0.3 is 0 Å². The molecular formula is C18H26N2O3S. The normalized spacial score (nSPS) is 20.3. The van der Waals surface area contributed by atoms with Crippen LogP contribution >= 0.6 is 0 Å². The molecule has 2 aliphatic heterocycles. The van der Waals surface area contributed by atoms with Crippen molar-refractivity contribution in [3.8, 4) is 0 Å². The molecular weight excluding hydrogens is 324 g/mol. The molecule has 0 saturated carbocycles. The fourth-order valence-corrected chi connectivity index (χ4v) is 4.92. The summed E-state index contributed by atoms with van der Waals surface area (Å²) in [6, 6.07) is 7.78. The zero-order valence-corrected chi connectivity index (χ0v) is 15.7.